The number of nitrogens with one attached hydrogen (secondary N) is 2. The minimum absolute atomic E-state index is 0.136. The number of hydrogen-bond acceptors (Lipinski definition) is 4. The van der Waals surface area contributed by atoms with Gasteiger partial charge in [0.15, 0.2) is 0 Å². The third-order valence-electron chi connectivity index (χ3n) is 2.44. The lowest BCUT2D eigenvalue weighted by Crippen LogP contribution is -2.37. The van der Waals surface area contributed by atoms with Gasteiger partial charge in [0.2, 0.25) is 10.0 Å². The van der Waals surface area contributed by atoms with Crippen molar-refractivity contribution in [3.8, 4) is 0 Å². The summed E-state index contributed by atoms with van der Waals surface area (Å²) in [4.78, 5) is 3.92. The van der Waals surface area contributed by atoms with Gasteiger partial charge in [-0.2, -0.15) is 0 Å². The third-order valence-corrected chi connectivity index (χ3v) is 4.03. The van der Waals surface area contributed by atoms with Crippen molar-refractivity contribution in [1.82, 2.24) is 19.6 Å². The van der Waals surface area contributed by atoms with E-state index in [-0.39, 0.29) is 11.8 Å². The largest absolute Gasteiger partial charge is 0.336 e. The Hall–Kier alpha value is -0.920. The van der Waals surface area contributed by atoms with Crippen molar-refractivity contribution in [2.24, 2.45) is 0 Å². The molecule has 0 aliphatic carbocycles. The molecule has 104 valence electrons. The van der Waals surface area contributed by atoms with E-state index in [2.05, 4.69) is 15.0 Å². The van der Waals surface area contributed by atoms with Gasteiger partial charge < -0.3 is 9.88 Å². The number of imidazole rings is 1. The van der Waals surface area contributed by atoms with Crippen LogP contribution in [0.2, 0.25) is 0 Å². The summed E-state index contributed by atoms with van der Waals surface area (Å²) in [6.07, 6.45) is 5.80. The molecule has 0 saturated carbocycles. The maximum absolute atomic E-state index is 11.8. The minimum atomic E-state index is -3.19. The molecule has 1 atom stereocenters. The Morgan fingerprint density at radius 3 is 2.83 bits per heavy atom. The first-order valence-corrected chi connectivity index (χ1v) is 7.85. The molecule has 1 unspecified atom stereocenters. The third kappa shape index (κ3) is 6.13. The van der Waals surface area contributed by atoms with E-state index >= 15 is 0 Å². The van der Waals surface area contributed by atoms with Gasteiger partial charge in [-0.25, -0.2) is 18.1 Å². The van der Waals surface area contributed by atoms with Crippen molar-refractivity contribution in [1.29, 1.82) is 0 Å². The summed E-state index contributed by atoms with van der Waals surface area (Å²) in [5.41, 5.74) is 0. The molecule has 7 heteroatoms. The van der Waals surface area contributed by atoms with Crippen molar-refractivity contribution in [2.75, 3.05) is 18.8 Å². The van der Waals surface area contributed by atoms with E-state index in [4.69, 9.17) is 0 Å². The average molecular weight is 274 g/mol. The second-order valence-electron chi connectivity index (χ2n) is 4.30. The molecule has 1 heterocycles. The predicted octanol–water partition coefficient (Wildman–Crippen LogP) is 0.191. The van der Waals surface area contributed by atoms with E-state index in [9.17, 15) is 8.42 Å². The van der Waals surface area contributed by atoms with Crippen LogP contribution in [0, 0.1) is 0 Å². The molecule has 18 heavy (non-hydrogen) atoms. The molecule has 0 radical (unpaired) electrons. The number of nitrogens with zero attached hydrogens (tertiary/aromatic N) is 2. The topological polar surface area (TPSA) is 76.0 Å². The van der Waals surface area contributed by atoms with Crippen LogP contribution in [0.15, 0.2) is 18.7 Å². The monoisotopic (exact) mass is 274 g/mol. The summed E-state index contributed by atoms with van der Waals surface area (Å²) in [6, 6.07) is -0.136. The zero-order valence-corrected chi connectivity index (χ0v) is 11.8. The smallest absolute Gasteiger partial charge is 0.211 e. The van der Waals surface area contributed by atoms with Gasteiger partial charge in [0, 0.05) is 25.0 Å². The molecule has 0 saturated heterocycles. The lowest BCUT2D eigenvalue weighted by molar-refractivity contribution is 0.518. The summed E-state index contributed by atoms with van der Waals surface area (Å²) in [5, 5.41) is 3.11. The quantitative estimate of drug-likeness (QED) is 0.630. The van der Waals surface area contributed by atoms with Gasteiger partial charge in [-0.1, -0.05) is 6.92 Å². The maximum atomic E-state index is 11.8. The molecule has 0 aromatic carbocycles. The highest BCUT2D eigenvalue weighted by Gasteiger charge is 2.14. The van der Waals surface area contributed by atoms with Crippen LogP contribution in [0.25, 0.3) is 0 Å². The highest BCUT2D eigenvalue weighted by atomic mass is 32.2. The van der Waals surface area contributed by atoms with Crippen LogP contribution in [0.1, 0.15) is 20.3 Å². The molecule has 0 aliphatic rings. The van der Waals surface area contributed by atoms with Crippen LogP contribution in [0.4, 0.5) is 0 Å². The molecule has 1 aromatic rings. The summed E-state index contributed by atoms with van der Waals surface area (Å²) < 4.78 is 28.1. The molecule has 2 N–H and O–H groups in total. The van der Waals surface area contributed by atoms with E-state index in [0.717, 1.165) is 13.1 Å². The van der Waals surface area contributed by atoms with Gasteiger partial charge >= 0.3 is 0 Å². The number of rotatable bonds is 9. The molecular weight excluding hydrogens is 252 g/mol. The Labute approximate surface area is 109 Å². The van der Waals surface area contributed by atoms with Crippen molar-refractivity contribution in [2.45, 2.75) is 32.9 Å². The normalized spacial score (nSPS) is 13.7. The van der Waals surface area contributed by atoms with E-state index in [1.54, 1.807) is 12.5 Å². The highest BCUT2D eigenvalue weighted by molar-refractivity contribution is 7.89. The molecule has 0 amide bonds. The standard InChI is InChI=1S/C11H22N4O2S/c1-3-12-5-4-8-18(16,17)14-11(2)9-15-7-6-13-10-15/h6-7,10-12,14H,3-5,8-9H2,1-2H3. The van der Waals surface area contributed by atoms with E-state index in [0.29, 0.717) is 13.0 Å². The first-order chi connectivity index (χ1) is 8.53. The summed E-state index contributed by atoms with van der Waals surface area (Å²) in [5.74, 6) is 0.161. The van der Waals surface area contributed by atoms with E-state index in [1.165, 1.54) is 0 Å². The molecule has 6 nitrogen and oxygen atoms in total. The fourth-order valence-electron chi connectivity index (χ4n) is 1.68. The van der Waals surface area contributed by atoms with Gasteiger partial charge in [0.05, 0.1) is 12.1 Å². The second-order valence-corrected chi connectivity index (χ2v) is 6.18. The van der Waals surface area contributed by atoms with Crippen LogP contribution in [0.5, 0.6) is 0 Å². The Morgan fingerprint density at radius 2 is 2.22 bits per heavy atom. The lowest BCUT2D eigenvalue weighted by Gasteiger charge is -2.14. The summed E-state index contributed by atoms with van der Waals surface area (Å²) >= 11 is 0. The molecule has 1 aromatic heterocycles. The molecule has 0 aliphatic heterocycles. The SMILES string of the molecule is CCNCCCS(=O)(=O)NC(C)Cn1ccnc1. The second kappa shape index (κ2) is 7.50. The van der Waals surface area contributed by atoms with Crippen LogP contribution in [-0.4, -0.2) is 42.9 Å². The van der Waals surface area contributed by atoms with Gasteiger partial charge in [0.1, 0.15) is 0 Å². The predicted molar refractivity (Wildman–Crippen MR) is 71.8 cm³/mol. The van der Waals surface area contributed by atoms with E-state index < -0.39 is 10.0 Å². The van der Waals surface area contributed by atoms with Gasteiger partial charge in [-0.05, 0) is 26.4 Å². The highest BCUT2D eigenvalue weighted by Crippen LogP contribution is 1.96. The van der Waals surface area contributed by atoms with E-state index in [1.807, 2.05) is 24.6 Å². The Bertz CT molecular complexity index is 416. The fourth-order valence-corrected chi connectivity index (χ4v) is 3.01. The molecule has 0 spiro atoms. The van der Waals surface area contributed by atoms with Crippen molar-refractivity contribution in [3.05, 3.63) is 18.7 Å². The van der Waals surface area contributed by atoms with Crippen LogP contribution in [0.3, 0.4) is 0 Å². The average Bonchev–Trinajstić information content (AvgIpc) is 2.76. The molecule has 0 bridgehead atoms. The Kier molecular flexibility index (Phi) is 6.31. The zero-order valence-electron chi connectivity index (χ0n) is 11.0. The fraction of sp³-hybridized carbons (Fsp3) is 0.727. The Morgan fingerprint density at radius 1 is 1.44 bits per heavy atom. The zero-order chi connectivity index (χ0) is 13.4. The minimum Gasteiger partial charge on any atom is -0.336 e. The first kappa shape index (κ1) is 15.1. The van der Waals surface area contributed by atoms with Gasteiger partial charge in [-0.15, -0.1) is 0 Å². The van der Waals surface area contributed by atoms with Gasteiger partial charge in [0.25, 0.3) is 0 Å². The molecule has 1 rings (SSSR count). The van der Waals surface area contributed by atoms with Gasteiger partial charge in [-0.3, -0.25) is 0 Å². The van der Waals surface area contributed by atoms with Crippen molar-refractivity contribution < 1.29 is 8.42 Å². The molecule has 0 fully saturated rings. The van der Waals surface area contributed by atoms with Crippen LogP contribution < -0.4 is 10.0 Å². The van der Waals surface area contributed by atoms with Crippen LogP contribution >= 0.6 is 0 Å². The number of hydrogen-bond donors (Lipinski definition) is 2. The number of aromatic nitrogens is 2. The Balaban J connectivity index is 2.30. The van der Waals surface area contributed by atoms with Crippen LogP contribution in [-0.2, 0) is 16.6 Å². The first-order valence-electron chi connectivity index (χ1n) is 6.20. The van der Waals surface area contributed by atoms with Crippen molar-refractivity contribution in [3.63, 3.8) is 0 Å². The summed E-state index contributed by atoms with van der Waals surface area (Å²) in [6.45, 7) is 6.03. The number of sulfonamides is 1. The maximum Gasteiger partial charge on any atom is 0.211 e. The molecular formula is C11H22N4O2S. The summed E-state index contributed by atoms with van der Waals surface area (Å²) in [7, 11) is -3.19. The van der Waals surface area contributed by atoms with Crippen molar-refractivity contribution >= 4 is 10.0 Å². The lowest BCUT2D eigenvalue weighted by atomic mass is 10.4.